The van der Waals surface area contributed by atoms with Crippen LogP contribution in [0.15, 0.2) is 60.7 Å². The maximum Gasteiger partial charge on any atom is 0.253 e. The quantitative estimate of drug-likeness (QED) is 0.667. The summed E-state index contributed by atoms with van der Waals surface area (Å²) in [7, 11) is 0. The summed E-state index contributed by atoms with van der Waals surface area (Å²) < 4.78 is 5.61. The molecule has 0 aliphatic carbocycles. The minimum atomic E-state index is -0.170. The molecule has 2 amide bonds. The summed E-state index contributed by atoms with van der Waals surface area (Å²) in [5, 5.41) is 5.92. The van der Waals surface area contributed by atoms with E-state index < -0.39 is 0 Å². The number of nitrogens with one attached hydrogen (secondary N) is 2. The molecule has 0 atom stereocenters. The number of likely N-dealkylation sites (tertiary alicyclic amines) is 1. The smallest absolute Gasteiger partial charge is 0.253 e. The standard InChI is InChI=1S/C23H27N3O3/c1-17(2)16-29-21-7-5-6-20(14-21)24-15-22(27)25-19-10-8-18(9-11-19)23(28)26-12-3-4-13-26/h5-11,14,24H,1,3-4,12-13,15-16H2,2H3,(H,25,27). The van der Waals surface area contributed by atoms with E-state index in [2.05, 4.69) is 17.2 Å². The van der Waals surface area contributed by atoms with E-state index in [1.807, 2.05) is 36.1 Å². The Morgan fingerprint density at radius 2 is 1.79 bits per heavy atom. The summed E-state index contributed by atoms with van der Waals surface area (Å²) in [6.07, 6.45) is 2.13. The minimum absolute atomic E-state index is 0.0517. The second-order valence-corrected chi connectivity index (χ2v) is 7.25. The van der Waals surface area contributed by atoms with E-state index in [1.54, 1.807) is 24.3 Å². The number of amides is 2. The SMILES string of the molecule is C=C(C)COc1cccc(NCC(=O)Nc2ccc(C(=O)N3CCCC3)cc2)c1. The Morgan fingerprint density at radius 1 is 1.07 bits per heavy atom. The highest BCUT2D eigenvalue weighted by molar-refractivity contribution is 5.96. The van der Waals surface area contributed by atoms with Crippen molar-refractivity contribution in [2.75, 3.05) is 36.9 Å². The number of nitrogens with zero attached hydrogens (tertiary/aromatic N) is 1. The third-order valence-electron chi connectivity index (χ3n) is 4.58. The molecule has 1 fully saturated rings. The topological polar surface area (TPSA) is 70.7 Å². The van der Waals surface area contributed by atoms with E-state index in [0.717, 1.165) is 42.9 Å². The molecular weight excluding hydrogens is 366 g/mol. The Kier molecular flexibility index (Phi) is 6.89. The molecule has 0 aromatic heterocycles. The molecule has 1 heterocycles. The zero-order chi connectivity index (χ0) is 20.6. The summed E-state index contributed by atoms with van der Waals surface area (Å²) in [6.45, 7) is 7.94. The van der Waals surface area contributed by atoms with Crippen LogP contribution in [0.3, 0.4) is 0 Å². The van der Waals surface area contributed by atoms with Crippen LogP contribution < -0.4 is 15.4 Å². The molecule has 0 saturated carbocycles. The summed E-state index contributed by atoms with van der Waals surface area (Å²) in [4.78, 5) is 26.5. The van der Waals surface area contributed by atoms with E-state index >= 15 is 0 Å². The van der Waals surface area contributed by atoms with Gasteiger partial charge in [0.25, 0.3) is 5.91 Å². The second-order valence-electron chi connectivity index (χ2n) is 7.25. The van der Waals surface area contributed by atoms with Crippen LogP contribution in [-0.2, 0) is 4.79 Å². The molecule has 6 heteroatoms. The third-order valence-corrected chi connectivity index (χ3v) is 4.58. The van der Waals surface area contributed by atoms with Crippen LogP contribution in [-0.4, -0.2) is 43.0 Å². The molecule has 1 saturated heterocycles. The van der Waals surface area contributed by atoms with E-state index in [4.69, 9.17) is 4.74 Å². The van der Waals surface area contributed by atoms with Crippen molar-refractivity contribution in [3.05, 3.63) is 66.2 Å². The van der Waals surface area contributed by atoms with Crippen molar-refractivity contribution in [3.8, 4) is 5.75 Å². The van der Waals surface area contributed by atoms with Gasteiger partial charge in [-0.1, -0.05) is 12.6 Å². The van der Waals surface area contributed by atoms with Gasteiger partial charge < -0.3 is 20.3 Å². The summed E-state index contributed by atoms with van der Waals surface area (Å²) >= 11 is 0. The molecule has 2 aromatic carbocycles. The molecule has 6 nitrogen and oxygen atoms in total. The van der Waals surface area contributed by atoms with Crippen molar-refractivity contribution in [2.24, 2.45) is 0 Å². The number of carbonyl (C=O) groups is 2. The normalized spacial score (nSPS) is 13.1. The summed E-state index contributed by atoms with van der Waals surface area (Å²) in [5.41, 5.74) is 3.05. The van der Waals surface area contributed by atoms with Crippen molar-refractivity contribution in [3.63, 3.8) is 0 Å². The lowest BCUT2D eigenvalue weighted by atomic mass is 10.2. The van der Waals surface area contributed by atoms with E-state index in [0.29, 0.717) is 17.9 Å². The van der Waals surface area contributed by atoms with Gasteiger partial charge in [0.05, 0.1) is 6.54 Å². The first-order valence-electron chi connectivity index (χ1n) is 9.81. The van der Waals surface area contributed by atoms with Gasteiger partial charge in [0.15, 0.2) is 0 Å². The fraction of sp³-hybridized carbons (Fsp3) is 0.304. The van der Waals surface area contributed by atoms with Crippen molar-refractivity contribution in [2.45, 2.75) is 19.8 Å². The van der Waals surface area contributed by atoms with Gasteiger partial charge in [-0.3, -0.25) is 9.59 Å². The number of carbonyl (C=O) groups excluding carboxylic acids is 2. The zero-order valence-corrected chi connectivity index (χ0v) is 16.7. The number of hydrogen-bond donors (Lipinski definition) is 2. The molecule has 29 heavy (non-hydrogen) atoms. The fourth-order valence-corrected chi connectivity index (χ4v) is 3.09. The van der Waals surface area contributed by atoms with E-state index in [9.17, 15) is 9.59 Å². The van der Waals surface area contributed by atoms with Crippen molar-refractivity contribution >= 4 is 23.2 Å². The molecule has 2 N–H and O–H groups in total. The largest absolute Gasteiger partial charge is 0.489 e. The first-order chi connectivity index (χ1) is 14.0. The number of rotatable bonds is 8. The fourth-order valence-electron chi connectivity index (χ4n) is 3.09. The minimum Gasteiger partial charge on any atom is -0.489 e. The molecule has 1 aliphatic rings. The summed E-state index contributed by atoms with van der Waals surface area (Å²) in [5.74, 6) is 0.601. The average Bonchev–Trinajstić information content (AvgIpc) is 3.26. The third kappa shape index (κ3) is 6.10. The van der Waals surface area contributed by atoms with Crippen molar-refractivity contribution < 1.29 is 14.3 Å². The van der Waals surface area contributed by atoms with Gasteiger partial charge >= 0.3 is 0 Å². The first-order valence-corrected chi connectivity index (χ1v) is 9.81. The molecule has 0 bridgehead atoms. The van der Waals surface area contributed by atoms with Crippen LogP contribution in [0.4, 0.5) is 11.4 Å². The van der Waals surface area contributed by atoms with Crippen LogP contribution in [0, 0.1) is 0 Å². The Hall–Kier alpha value is -3.28. The van der Waals surface area contributed by atoms with E-state index in [-0.39, 0.29) is 18.4 Å². The highest BCUT2D eigenvalue weighted by Gasteiger charge is 2.19. The maximum absolute atomic E-state index is 12.4. The lowest BCUT2D eigenvalue weighted by molar-refractivity contribution is -0.114. The Balaban J connectivity index is 1.48. The monoisotopic (exact) mass is 393 g/mol. The lowest BCUT2D eigenvalue weighted by Gasteiger charge is -2.15. The number of hydrogen-bond acceptors (Lipinski definition) is 4. The summed E-state index contributed by atoms with van der Waals surface area (Å²) in [6, 6.07) is 14.5. The lowest BCUT2D eigenvalue weighted by Crippen LogP contribution is -2.27. The zero-order valence-electron chi connectivity index (χ0n) is 16.7. The van der Waals surface area contributed by atoms with Gasteiger partial charge in [-0.15, -0.1) is 0 Å². The highest BCUT2D eigenvalue weighted by Crippen LogP contribution is 2.18. The van der Waals surface area contributed by atoms with Gasteiger partial charge in [0, 0.05) is 36.1 Å². The predicted octanol–water partition coefficient (Wildman–Crippen LogP) is 3.93. The van der Waals surface area contributed by atoms with E-state index in [1.165, 1.54) is 0 Å². The molecule has 0 unspecified atom stereocenters. The van der Waals surface area contributed by atoms with Crippen molar-refractivity contribution in [1.82, 2.24) is 4.90 Å². The van der Waals surface area contributed by atoms with Crippen LogP contribution in [0.25, 0.3) is 0 Å². The highest BCUT2D eigenvalue weighted by atomic mass is 16.5. The number of benzene rings is 2. The Labute approximate surface area is 171 Å². The first kappa shape index (κ1) is 20.5. The van der Waals surface area contributed by atoms with Gasteiger partial charge in [-0.05, 0) is 61.7 Å². The van der Waals surface area contributed by atoms with Crippen LogP contribution >= 0.6 is 0 Å². The predicted molar refractivity (Wildman–Crippen MR) is 115 cm³/mol. The molecule has 2 aromatic rings. The average molecular weight is 393 g/mol. The molecule has 152 valence electrons. The second kappa shape index (κ2) is 9.78. The Bertz CT molecular complexity index is 871. The van der Waals surface area contributed by atoms with Crippen molar-refractivity contribution in [1.29, 1.82) is 0 Å². The molecule has 0 spiro atoms. The Morgan fingerprint density at radius 3 is 2.48 bits per heavy atom. The number of anilines is 2. The number of ether oxygens (including phenoxy) is 1. The molecule has 3 rings (SSSR count). The van der Waals surface area contributed by atoms with Gasteiger partial charge in [0.1, 0.15) is 12.4 Å². The van der Waals surface area contributed by atoms with Crippen LogP contribution in [0.2, 0.25) is 0 Å². The van der Waals surface area contributed by atoms with Gasteiger partial charge in [-0.25, -0.2) is 0 Å². The maximum atomic E-state index is 12.4. The molecular formula is C23H27N3O3. The van der Waals surface area contributed by atoms with Crippen LogP contribution in [0.5, 0.6) is 5.75 Å². The van der Waals surface area contributed by atoms with Gasteiger partial charge in [0.2, 0.25) is 5.91 Å². The van der Waals surface area contributed by atoms with Crippen LogP contribution in [0.1, 0.15) is 30.1 Å². The van der Waals surface area contributed by atoms with Gasteiger partial charge in [-0.2, -0.15) is 0 Å². The molecule has 1 aliphatic heterocycles. The molecule has 0 radical (unpaired) electrons.